The third-order valence-electron chi connectivity index (χ3n) is 3.91. The molecule has 2 rings (SSSR count). The monoisotopic (exact) mass is 332 g/mol. The zero-order valence-corrected chi connectivity index (χ0v) is 14.4. The van der Waals surface area contributed by atoms with Crippen LogP contribution in [0.1, 0.15) is 32.8 Å². The number of nitrogens with zero attached hydrogens (tertiary/aromatic N) is 1. The molecule has 6 nitrogen and oxygen atoms in total. The molecule has 0 aromatic heterocycles. The molecule has 130 valence electrons. The Kier molecular flexibility index (Phi) is 5.95. The Morgan fingerprint density at radius 1 is 1.29 bits per heavy atom. The molecule has 0 radical (unpaired) electrons. The largest absolute Gasteiger partial charge is 0.455 e. The molecule has 1 fully saturated rings. The minimum absolute atomic E-state index is 0.00848. The first-order valence-corrected chi connectivity index (χ1v) is 8.26. The van der Waals surface area contributed by atoms with Crippen LogP contribution in [0, 0.1) is 5.92 Å². The second-order valence-corrected chi connectivity index (χ2v) is 6.26. The van der Waals surface area contributed by atoms with Gasteiger partial charge < -0.3 is 15.0 Å². The number of esters is 1. The molecule has 0 unspecified atom stereocenters. The number of nitrogens with one attached hydrogen (secondary N) is 1. The summed E-state index contributed by atoms with van der Waals surface area (Å²) in [5, 5.41) is 2.65. The summed E-state index contributed by atoms with van der Waals surface area (Å²) in [7, 11) is 0. The van der Waals surface area contributed by atoms with Crippen molar-refractivity contribution in [1.82, 2.24) is 5.32 Å². The van der Waals surface area contributed by atoms with E-state index in [1.165, 1.54) is 5.56 Å². The van der Waals surface area contributed by atoms with Crippen LogP contribution in [0.15, 0.2) is 24.3 Å². The molecular weight excluding hydrogens is 308 g/mol. The summed E-state index contributed by atoms with van der Waals surface area (Å²) in [6.45, 7) is 5.70. The van der Waals surface area contributed by atoms with Crippen LogP contribution in [0.2, 0.25) is 0 Å². The lowest BCUT2D eigenvalue weighted by atomic mass is 10.1. The molecule has 1 aromatic rings. The number of carbonyl (C=O) groups is 3. The number of carbonyl (C=O) groups excluding carboxylic acids is 3. The number of amides is 2. The van der Waals surface area contributed by atoms with Crippen molar-refractivity contribution in [2.45, 2.75) is 39.7 Å². The number of rotatable bonds is 6. The lowest BCUT2D eigenvalue weighted by Gasteiger charge is -2.17. The lowest BCUT2D eigenvalue weighted by molar-refractivity contribution is -0.152. The van der Waals surface area contributed by atoms with E-state index < -0.39 is 11.9 Å². The normalized spacial score (nSPS) is 17.2. The minimum atomic E-state index is -0.532. The molecule has 6 heteroatoms. The maximum absolute atomic E-state index is 12.2. The van der Waals surface area contributed by atoms with Crippen molar-refractivity contribution >= 4 is 23.5 Å². The van der Waals surface area contributed by atoms with Crippen molar-refractivity contribution in [2.24, 2.45) is 5.92 Å². The highest BCUT2D eigenvalue weighted by Gasteiger charge is 2.36. The van der Waals surface area contributed by atoms with Crippen molar-refractivity contribution in [2.75, 3.05) is 18.1 Å². The van der Waals surface area contributed by atoms with E-state index in [4.69, 9.17) is 4.74 Å². The zero-order chi connectivity index (χ0) is 17.7. The Morgan fingerprint density at radius 2 is 1.96 bits per heavy atom. The van der Waals surface area contributed by atoms with Crippen LogP contribution in [0.5, 0.6) is 0 Å². The highest BCUT2D eigenvalue weighted by Crippen LogP contribution is 2.26. The Hall–Kier alpha value is -2.37. The highest BCUT2D eigenvalue weighted by atomic mass is 16.5. The molecule has 1 aliphatic rings. The quantitative estimate of drug-likeness (QED) is 0.804. The summed E-state index contributed by atoms with van der Waals surface area (Å²) in [5.41, 5.74) is 1.97. The first-order valence-electron chi connectivity index (χ1n) is 8.26. The summed E-state index contributed by atoms with van der Waals surface area (Å²) in [6, 6.07) is 7.72. The van der Waals surface area contributed by atoms with E-state index in [0.29, 0.717) is 0 Å². The first-order chi connectivity index (χ1) is 11.4. The van der Waals surface area contributed by atoms with Crippen LogP contribution < -0.4 is 10.2 Å². The van der Waals surface area contributed by atoms with Crippen molar-refractivity contribution in [1.29, 1.82) is 0 Å². The number of ether oxygens (including phenoxy) is 1. The van der Waals surface area contributed by atoms with Gasteiger partial charge in [-0.15, -0.1) is 0 Å². The van der Waals surface area contributed by atoms with Gasteiger partial charge in [-0.3, -0.25) is 14.4 Å². The van der Waals surface area contributed by atoms with Gasteiger partial charge in [-0.1, -0.05) is 19.1 Å². The van der Waals surface area contributed by atoms with E-state index in [-0.39, 0.29) is 37.4 Å². The van der Waals surface area contributed by atoms with Gasteiger partial charge in [-0.2, -0.15) is 0 Å². The van der Waals surface area contributed by atoms with Gasteiger partial charge in [0.25, 0.3) is 5.91 Å². The third kappa shape index (κ3) is 4.57. The molecule has 1 N–H and O–H groups in total. The summed E-state index contributed by atoms with van der Waals surface area (Å²) in [4.78, 5) is 37.4. The van der Waals surface area contributed by atoms with Crippen molar-refractivity contribution in [3.8, 4) is 0 Å². The number of aryl methyl sites for hydroxylation is 1. The molecule has 1 atom stereocenters. The molecule has 2 amide bonds. The van der Waals surface area contributed by atoms with E-state index in [0.717, 1.165) is 12.1 Å². The average molecular weight is 332 g/mol. The van der Waals surface area contributed by atoms with Crippen LogP contribution in [0.3, 0.4) is 0 Å². The average Bonchev–Trinajstić information content (AvgIpc) is 2.94. The fourth-order valence-corrected chi connectivity index (χ4v) is 2.64. The van der Waals surface area contributed by atoms with Gasteiger partial charge in [0.05, 0.1) is 5.92 Å². The molecular formula is C18H24N2O4. The third-order valence-corrected chi connectivity index (χ3v) is 3.91. The Bertz CT molecular complexity index is 610. The van der Waals surface area contributed by atoms with E-state index in [2.05, 4.69) is 12.2 Å². The topological polar surface area (TPSA) is 75.7 Å². The fourth-order valence-electron chi connectivity index (χ4n) is 2.64. The predicted molar refractivity (Wildman–Crippen MR) is 90.5 cm³/mol. The fraction of sp³-hybridized carbons (Fsp3) is 0.500. The van der Waals surface area contributed by atoms with Gasteiger partial charge in [0, 0.05) is 24.7 Å². The van der Waals surface area contributed by atoms with Crippen LogP contribution in [-0.2, 0) is 25.5 Å². The standard InChI is InChI=1S/C18H24N2O4/c1-4-13-5-7-15(8-6-13)20-10-14(9-17(20)22)18(23)24-11-16(21)19-12(2)3/h5-8,12,14H,4,9-11H2,1-3H3,(H,19,21)/t14-/m1/s1. The molecule has 1 aromatic carbocycles. The minimum Gasteiger partial charge on any atom is -0.455 e. The second-order valence-electron chi connectivity index (χ2n) is 6.26. The Morgan fingerprint density at radius 3 is 2.54 bits per heavy atom. The predicted octanol–water partition coefficient (Wildman–Crippen LogP) is 1.67. The van der Waals surface area contributed by atoms with Gasteiger partial charge in [0.2, 0.25) is 5.91 Å². The van der Waals surface area contributed by atoms with Crippen molar-refractivity contribution in [3.63, 3.8) is 0 Å². The van der Waals surface area contributed by atoms with Crippen LogP contribution in [0.25, 0.3) is 0 Å². The summed E-state index contributed by atoms with van der Waals surface area (Å²) in [5.74, 6) is -1.48. The molecule has 0 spiro atoms. The van der Waals surface area contributed by atoms with Crippen molar-refractivity contribution < 1.29 is 19.1 Å². The van der Waals surface area contributed by atoms with Gasteiger partial charge in [-0.05, 0) is 38.0 Å². The molecule has 0 saturated carbocycles. The summed E-state index contributed by atoms with van der Waals surface area (Å²) in [6.07, 6.45) is 1.04. The van der Waals surface area contributed by atoms with Crippen LogP contribution in [-0.4, -0.2) is 37.0 Å². The number of anilines is 1. The van der Waals surface area contributed by atoms with E-state index in [1.54, 1.807) is 4.90 Å². The highest BCUT2D eigenvalue weighted by molar-refractivity contribution is 5.99. The van der Waals surface area contributed by atoms with Gasteiger partial charge in [-0.25, -0.2) is 0 Å². The number of hydrogen-bond acceptors (Lipinski definition) is 4. The smallest absolute Gasteiger partial charge is 0.311 e. The lowest BCUT2D eigenvalue weighted by Crippen LogP contribution is -2.35. The first kappa shape index (κ1) is 18.0. The van der Waals surface area contributed by atoms with Gasteiger partial charge >= 0.3 is 5.97 Å². The summed E-state index contributed by atoms with van der Waals surface area (Å²) < 4.78 is 5.03. The maximum atomic E-state index is 12.2. The molecule has 1 saturated heterocycles. The molecule has 0 aliphatic carbocycles. The summed E-state index contributed by atoms with van der Waals surface area (Å²) >= 11 is 0. The van der Waals surface area contributed by atoms with E-state index in [1.807, 2.05) is 38.1 Å². The maximum Gasteiger partial charge on any atom is 0.311 e. The zero-order valence-electron chi connectivity index (χ0n) is 14.4. The SMILES string of the molecule is CCc1ccc(N2C[C@H](C(=O)OCC(=O)NC(C)C)CC2=O)cc1. The molecule has 1 heterocycles. The second kappa shape index (κ2) is 7.95. The van der Waals surface area contributed by atoms with Gasteiger partial charge in [0.1, 0.15) is 0 Å². The molecule has 24 heavy (non-hydrogen) atoms. The number of benzene rings is 1. The number of hydrogen-bond donors (Lipinski definition) is 1. The molecule has 0 bridgehead atoms. The van der Waals surface area contributed by atoms with E-state index in [9.17, 15) is 14.4 Å². The molecule has 1 aliphatic heterocycles. The van der Waals surface area contributed by atoms with Gasteiger partial charge in [0.15, 0.2) is 6.61 Å². The van der Waals surface area contributed by atoms with E-state index >= 15 is 0 Å². The van der Waals surface area contributed by atoms with Crippen LogP contribution in [0.4, 0.5) is 5.69 Å². The van der Waals surface area contributed by atoms with Crippen molar-refractivity contribution in [3.05, 3.63) is 29.8 Å². The Balaban J connectivity index is 1.91. The van der Waals surface area contributed by atoms with Crippen LogP contribution >= 0.6 is 0 Å². The Labute approximate surface area is 142 Å².